The van der Waals surface area contributed by atoms with Gasteiger partial charge in [-0.15, -0.1) is 27.6 Å². The van der Waals surface area contributed by atoms with Crippen molar-refractivity contribution >= 4 is 133 Å². The van der Waals surface area contributed by atoms with E-state index in [1.165, 1.54) is 11.6 Å². The average Bonchev–Trinajstić information content (AvgIpc) is 3.91. The van der Waals surface area contributed by atoms with Crippen LogP contribution in [-0.2, 0) is 69.0 Å². The number of aryl methyl sites for hydroxylation is 1. The number of nitro groups is 1. The Bertz CT molecular complexity index is 2580. The van der Waals surface area contributed by atoms with Gasteiger partial charge in [-0.25, -0.2) is 28.5 Å². The minimum atomic E-state index is -4.61. The summed E-state index contributed by atoms with van der Waals surface area (Å²) in [6, 6.07) is 3.77. The number of hydrogen-bond acceptors (Lipinski definition) is 25. The summed E-state index contributed by atoms with van der Waals surface area (Å²) >= 11 is 7.00. The van der Waals surface area contributed by atoms with E-state index in [1.807, 2.05) is 20.8 Å². The molecule has 2 aromatic rings. The molecule has 6 amide bonds. The normalized spacial score (nSPS) is 12.1. The summed E-state index contributed by atoms with van der Waals surface area (Å²) in [7, 11) is -7.99. The number of hydrogen-bond donors (Lipinski definition) is 5. The zero-order chi connectivity index (χ0) is 61.1. The maximum Gasteiger partial charge on any atom is 1.00 e. The molecular formula is C43H72Cl2N11Na3O18S5. The van der Waals surface area contributed by atoms with E-state index in [0.717, 1.165) is 76.9 Å². The zero-order valence-electron chi connectivity index (χ0n) is 48.8. The van der Waals surface area contributed by atoms with Crippen LogP contribution in [-0.4, -0.2) is 172 Å². The first-order chi connectivity index (χ1) is 35.5. The van der Waals surface area contributed by atoms with Crippen molar-refractivity contribution in [1.29, 1.82) is 0 Å². The van der Waals surface area contributed by atoms with Crippen LogP contribution in [0.3, 0.4) is 0 Å². The number of hydrazine groups is 1. The fourth-order valence-electron chi connectivity index (χ4n) is 3.43. The molecule has 8 N–H and O–H groups in total. The first-order valence-corrected chi connectivity index (χ1v) is 31.4. The largest absolute Gasteiger partial charge is 1.00 e. The first kappa shape index (κ1) is 101. The number of nitro benzene ring substituents is 1. The number of urea groups is 1. The average molecular weight is 1330 g/mol. The fraction of sp³-hybridized carbons (Fsp3) is 0.535. The maximum absolute atomic E-state index is 11.0. The second kappa shape index (κ2) is 58.9. The summed E-state index contributed by atoms with van der Waals surface area (Å²) in [6.07, 6.45) is 13.4. The number of ketones is 4. The molecule has 3 aliphatic heterocycles. The molecule has 4 heterocycles. The first-order valence-electron chi connectivity index (χ1n) is 22.3. The number of rotatable bonds is 12. The molecule has 5 rings (SSSR count). The quantitative estimate of drug-likeness (QED) is 0.0193. The molecule has 0 unspecified atom stereocenters. The van der Waals surface area contributed by atoms with E-state index in [2.05, 4.69) is 48.0 Å². The van der Waals surface area contributed by atoms with Gasteiger partial charge in [-0.2, -0.15) is 15.2 Å². The van der Waals surface area contributed by atoms with Crippen molar-refractivity contribution in [1.82, 2.24) is 30.8 Å². The number of carbonyl (C=O) groups is 9. The molecular weight excluding hydrogens is 1260 g/mol. The smallest absolute Gasteiger partial charge is 1.00 e. The minimum Gasteiger partial charge on any atom is -1.00 e. The van der Waals surface area contributed by atoms with Gasteiger partial charge < -0.3 is 47.5 Å². The molecule has 0 saturated carbocycles. The molecule has 2 saturated heterocycles. The van der Waals surface area contributed by atoms with Crippen molar-refractivity contribution in [2.75, 3.05) is 61.8 Å². The summed E-state index contributed by atoms with van der Waals surface area (Å²) < 4.78 is 52.4. The number of thioether (sulfide) groups is 2. The van der Waals surface area contributed by atoms with Gasteiger partial charge in [0.15, 0.2) is 11.6 Å². The molecule has 2 fully saturated rings. The number of halogens is 2. The Morgan fingerprint density at radius 1 is 0.878 bits per heavy atom. The number of alkyl halides is 1. The third kappa shape index (κ3) is 66.7. The van der Waals surface area contributed by atoms with Gasteiger partial charge in [-0.05, 0) is 35.4 Å². The van der Waals surface area contributed by atoms with Crippen molar-refractivity contribution in [3.63, 3.8) is 0 Å². The number of non-ortho nitro benzene ring substituents is 1. The second-order valence-electron chi connectivity index (χ2n) is 15.2. The molecule has 1 aromatic heterocycles. The zero-order valence-corrected chi connectivity index (χ0v) is 60.4. The van der Waals surface area contributed by atoms with Gasteiger partial charge in [0.05, 0.1) is 68.0 Å². The van der Waals surface area contributed by atoms with E-state index in [9.17, 15) is 79.4 Å². The van der Waals surface area contributed by atoms with E-state index < -0.39 is 50.8 Å². The monoisotopic (exact) mass is 1330 g/mol. The van der Waals surface area contributed by atoms with Crippen LogP contribution in [0.5, 0.6) is 0 Å². The minimum absolute atomic E-state index is 0. The van der Waals surface area contributed by atoms with Crippen LogP contribution in [0.2, 0.25) is 0 Å². The molecule has 454 valence electrons. The van der Waals surface area contributed by atoms with Crippen LogP contribution in [0, 0.1) is 10.1 Å². The summed E-state index contributed by atoms with van der Waals surface area (Å²) in [5.74, 6) is 8.25. The molecule has 0 aliphatic carbocycles. The topological polar surface area (TPSA) is 483 Å². The predicted molar refractivity (Wildman–Crippen MR) is 303 cm³/mol. The molecule has 3 aliphatic rings. The molecule has 0 radical (unpaired) electrons. The van der Waals surface area contributed by atoms with Crippen LogP contribution in [0.25, 0.3) is 5.32 Å². The Balaban J connectivity index is -0.0000000892. The second-order valence-corrected chi connectivity index (χ2v) is 25.0. The summed E-state index contributed by atoms with van der Waals surface area (Å²) in [5, 5.41) is 26.2. The SMILES string of the molecule is CCC(=O)C=S(C)(C)=O.CCC(=O)CCl.CCC(=O)CN1C(=O)CSC1=O.CCC(C)=O.CCC1=NNC(=O)NC1.CCc1cnc(=O)[nH]n1.C[S+](C)(C)=O.NN.O=C1CSC(=O)[N-]1.O=[N+]([O-])c1cccc(S(=O)(=O)[O-])c1.[Cl-].[Na+].[Na+].[Na+].[OH-]. The molecule has 29 nitrogen and oxygen atoms in total. The molecule has 0 bridgehead atoms. The van der Waals surface area contributed by atoms with Crippen molar-refractivity contribution in [2.24, 2.45) is 16.8 Å². The summed E-state index contributed by atoms with van der Waals surface area (Å²) in [4.78, 5) is 117. The fourth-order valence-corrected chi connectivity index (χ4v) is 6.14. The van der Waals surface area contributed by atoms with Gasteiger partial charge in [0.2, 0.25) is 5.91 Å². The number of imide groups is 2. The van der Waals surface area contributed by atoms with Crippen LogP contribution in [0.1, 0.15) is 86.3 Å². The van der Waals surface area contributed by atoms with Crippen LogP contribution in [0.4, 0.5) is 20.1 Å². The molecule has 82 heavy (non-hydrogen) atoms. The molecule has 0 atom stereocenters. The number of H-pyrrole nitrogens is 1. The number of nitrogens with zero attached hydrogens (tertiary/aromatic N) is 6. The number of nitrogens with one attached hydrogen (secondary N) is 3. The van der Waals surface area contributed by atoms with Crippen LogP contribution in [0.15, 0.2) is 45.3 Å². The number of carbonyl (C=O) groups excluding carboxylic acids is 9. The van der Waals surface area contributed by atoms with Gasteiger partial charge >= 0.3 is 100 Å². The van der Waals surface area contributed by atoms with Gasteiger partial charge in [0.1, 0.15) is 45.7 Å². The van der Waals surface area contributed by atoms with Crippen LogP contribution >= 0.6 is 35.1 Å². The molecule has 39 heteroatoms. The third-order valence-electron chi connectivity index (χ3n) is 7.39. The maximum atomic E-state index is 11.0. The predicted octanol–water partition coefficient (Wildman–Crippen LogP) is -8.76. The molecule has 0 spiro atoms. The Morgan fingerprint density at radius 3 is 1.65 bits per heavy atom. The van der Waals surface area contributed by atoms with E-state index in [1.54, 1.807) is 59.0 Å². The van der Waals surface area contributed by atoms with Crippen molar-refractivity contribution in [2.45, 2.75) is 91.9 Å². The van der Waals surface area contributed by atoms with Gasteiger partial charge in [-0.1, -0.05) is 59.4 Å². The standard InChI is InChI=1S/C7H9NO3S.C6H5NO5S.C6H12O2S.C5H9N3O.C5H7N3O.C4H7ClO.C4H8O.C3H3NO2S.C3H9OS.ClH.H4N2.3Na.H2O/c1-2-5(9)3-8-6(10)4-12-7(8)11;8-7(9)5-2-1-3-6(4-5)13(10,11)12;1-4-6(7)5-9(2,3)8;2*1-2-4-3-6-5(9)8-7-4;1-2-4(6)3-5;1-3-4(2)5;5-2-1-7-3(6)4-2;1-5(2,3)4;;1-2;;;;/h2-4H2,1H3;1-4H,(H,10,11,12);5H,4H2,1-3H3;2-3H2,1H3,(H2,6,8,9);3H,2H2,1H3,(H,6,8,9);2-3H2,1H3;3H2,1-2H3;1H2,(H,4,5,6);1-3H3;1H;1-2H2;;;;1H2/q;;;;;;;;+1;;;3*+1;/p-4. The van der Waals surface area contributed by atoms with Gasteiger partial charge in [-0.3, -0.25) is 54.9 Å². The Hall–Kier alpha value is -2.43. The number of aromatic nitrogens is 3. The Morgan fingerprint density at radius 2 is 1.39 bits per heavy atom. The number of aromatic amines is 1. The van der Waals surface area contributed by atoms with Crippen molar-refractivity contribution in [3.05, 3.63) is 62.1 Å². The van der Waals surface area contributed by atoms with Gasteiger partial charge in [0, 0.05) is 61.4 Å². The van der Waals surface area contributed by atoms with E-state index >= 15 is 0 Å². The van der Waals surface area contributed by atoms with Crippen molar-refractivity contribution < 1.29 is 176 Å². The number of nitrogens with two attached hydrogens (primary N) is 2. The number of amides is 6. The number of benzene rings is 1. The van der Waals surface area contributed by atoms with Crippen LogP contribution < -0.4 is 129 Å². The van der Waals surface area contributed by atoms with Crippen molar-refractivity contribution in [3.8, 4) is 0 Å². The van der Waals surface area contributed by atoms with E-state index in [0.29, 0.717) is 32.2 Å². The Kier molecular flexibility index (Phi) is 72.9. The third-order valence-corrected chi connectivity index (χ3v) is 10.9. The van der Waals surface area contributed by atoms with E-state index in [-0.39, 0.29) is 182 Å². The molecule has 1 aromatic carbocycles. The number of hydrazone groups is 1. The van der Waals surface area contributed by atoms with E-state index in [4.69, 9.17) is 11.6 Å². The van der Waals surface area contributed by atoms with Gasteiger partial charge in [0.25, 0.3) is 10.9 Å². The summed E-state index contributed by atoms with van der Waals surface area (Å²) in [5.41, 5.74) is 3.29. The Labute approximate surface area is 566 Å². The number of Topliss-reactive ketones (excluding diaryl/α,β-unsaturated/α-hetero) is 4. The summed E-state index contributed by atoms with van der Waals surface area (Å²) in [6.45, 7) is 13.2.